The normalized spacial score (nSPS) is 14.3. The molecule has 1 aliphatic rings. The molecule has 0 amide bonds. The van der Waals surface area contributed by atoms with Crippen LogP contribution in [-0.2, 0) is 0 Å². The lowest BCUT2D eigenvalue weighted by atomic mass is 10.2. The van der Waals surface area contributed by atoms with E-state index in [-0.39, 0.29) is 0 Å². The molecule has 4 heteroatoms. The highest BCUT2D eigenvalue weighted by molar-refractivity contribution is 5.54. The van der Waals surface area contributed by atoms with Crippen LogP contribution in [0.3, 0.4) is 0 Å². The van der Waals surface area contributed by atoms with E-state index < -0.39 is 0 Å². The van der Waals surface area contributed by atoms with Crippen molar-refractivity contribution in [3.05, 3.63) is 35.7 Å². The van der Waals surface area contributed by atoms with E-state index in [9.17, 15) is 0 Å². The second kappa shape index (κ2) is 5.57. The van der Waals surface area contributed by atoms with E-state index >= 15 is 0 Å². The minimum atomic E-state index is 0.615. The van der Waals surface area contributed by atoms with Crippen molar-refractivity contribution < 1.29 is 0 Å². The Hall–Kier alpha value is -1.97. The van der Waals surface area contributed by atoms with E-state index in [0.29, 0.717) is 5.92 Å². The molecule has 4 nitrogen and oxygen atoms in total. The van der Waals surface area contributed by atoms with Crippen molar-refractivity contribution in [1.82, 2.24) is 15.0 Å². The lowest BCUT2D eigenvalue weighted by molar-refractivity contribution is 0.945. The van der Waals surface area contributed by atoms with Gasteiger partial charge < -0.3 is 5.32 Å². The van der Waals surface area contributed by atoms with Gasteiger partial charge in [-0.3, -0.25) is 4.98 Å². The Morgan fingerprint density at radius 2 is 2.10 bits per heavy atom. The molecule has 2 heterocycles. The van der Waals surface area contributed by atoms with Crippen molar-refractivity contribution in [2.24, 2.45) is 0 Å². The van der Waals surface area contributed by atoms with Crippen LogP contribution in [0.2, 0.25) is 0 Å². The molecule has 2 aromatic heterocycles. The Morgan fingerprint density at radius 1 is 1.25 bits per heavy atom. The van der Waals surface area contributed by atoms with Crippen LogP contribution < -0.4 is 5.32 Å². The molecule has 0 aliphatic heterocycles. The minimum absolute atomic E-state index is 0.615. The maximum atomic E-state index is 4.70. The molecular formula is C16H20N4. The quantitative estimate of drug-likeness (QED) is 0.901. The van der Waals surface area contributed by atoms with Gasteiger partial charge in [-0.2, -0.15) is 0 Å². The maximum absolute atomic E-state index is 4.70. The van der Waals surface area contributed by atoms with Gasteiger partial charge in [-0.15, -0.1) is 0 Å². The zero-order valence-corrected chi connectivity index (χ0v) is 12.1. The average molecular weight is 268 g/mol. The first-order valence-electron chi connectivity index (χ1n) is 7.32. The van der Waals surface area contributed by atoms with Crippen LogP contribution in [0.25, 0.3) is 11.5 Å². The fraction of sp³-hybridized carbons (Fsp3) is 0.438. The molecule has 0 saturated heterocycles. The largest absolute Gasteiger partial charge is 0.370 e. The minimum Gasteiger partial charge on any atom is -0.370 e. The SMILES string of the molecule is CCCNc1cc(C2CC2)nc(-c2cc(C)ccn2)n1. The highest BCUT2D eigenvalue weighted by atomic mass is 15.0. The van der Waals surface area contributed by atoms with Gasteiger partial charge in [-0.1, -0.05) is 6.92 Å². The second-order valence-corrected chi connectivity index (χ2v) is 5.42. The van der Waals surface area contributed by atoms with Crippen LogP contribution in [0.15, 0.2) is 24.4 Å². The van der Waals surface area contributed by atoms with Gasteiger partial charge in [0.1, 0.15) is 11.5 Å². The molecule has 1 aliphatic carbocycles. The summed E-state index contributed by atoms with van der Waals surface area (Å²) < 4.78 is 0. The molecule has 104 valence electrons. The summed E-state index contributed by atoms with van der Waals surface area (Å²) in [5.41, 5.74) is 3.18. The van der Waals surface area contributed by atoms with Crippen LogP contribution >= 0.6 is 0 Å². The molecule has 1 saturated carbocycles. The number of pyridine rings is 1. The van der Waals surface area contributed by atoms with Crippen LogP contribution in [-0.4, -0.2) is 21.5 Å². The molecule has 0 bridgehead atoms. The van der Waals surface area contributed by atoms with Gasteiger partial charge in [0.05, 0.1) is 0 Å². The van der Waals surface area contributed by atoms with Crippen LogP contribution in [0, 0.1) is 6.92 Å². The number of nitrogens with zero attached hydrogens (tertiary/aromatic N) is 3. The lowest BCUT2D eigenvalue weighted by Gasteiger charge is -2.09. The highest BCUT2D eigenvalue weighted by Crippen LogP contribution is 2.40. The van der Waals surface area contributed by atoms with Crippen LogP contribution in [0.5, 0.6) is 0 Å². The summed E-state index contributed by atoms with van der Waals surface area (Å²) >= 11 is 0. The molecule has 3 rings (SSSR count). The van der Waals surface area contributed by atoms with Gasteiger partial charge in [-0.25, -0.2) is 9.97 Å². The van der Waals surface area contributed by atoms with Gasteiger partial charge in [0, 0.05) is 30.4 Å². The molecule has 1 fully saturated rings. The molecular weight excluding hydrogens is 248 g/mol. The summed E-state index contributed by atoms with van der Waals surface area (Å²) in [5, 5.41) is 3.36. The number of rotatable bonds is 5. The summed E-state index contributed by atoms with van der Waals surface area (Å²) in [4.78, 5) is 13.7. The Labute approximate surface area is 119 Å². The zero-order valence-electron chi connectivity index (χ0n) is 12.1. The summed E-state index contributed by atoms with van der Waals surface area (Å²) in [6.45, 7) is 5.15. The molecule has 0 spiro atoms. The third-order valence-corrected chi connectivity index (χ3v) is 3.44. The van der Waals surface area contributed by atoms with Gasteiger partial charge in [0.2, 0.25) is 0 Å². The fourth-order valence-corrected chi connectivity index (χ4v) is 2.17. The Bertz CT molecular complexity index is 605. The van der Waals surface area contributed by atoms with Crippen molar-refractivity contribution in [2.45, 2.75) is 39.0 Å². The summed E-state index contributed by atoms with van der Waals surface area (Å²) in [6, 6.07) is 6.12. The third kappa shape index (κ3) is 2.95. The summed E-state index contributed by atoms with van der Waals surface area (Å²) in [7, 11) is 0. The van der Waals surface area contributed by atoms with Crippen molar-refractivity contribution in [3.63, 3.8) is 0 Å². The van der Waals surface area contributed by atoms with Crippen molar-refractivity contribution in [2.75, 3.05) is 11.9 Å². The first-order valence-corrected chi connectivity index (χ1v) is 7.32. The third-order valence-electron chi connectivity index (χ3n) is 3.44. The van der Waals surface area contributed by atoms with E-state index in [1.54, 1.807) is 0 Å². The number of aromatic nitrogens is 3. The van der Waals surface area contributed by atoms with E-state index in [1.165, 1.54) is 18.4 Å². The number of aryl methyl sites for hydroxylation is 1. The van der Waals surface area contributed by atoms with Gasteiger partial charge in [0.15, 0.2) is 5.82 Å². The van der Waals surface area contributed by atoms with Gasteiger partial charge in [-0.05, 0) is 43.9 Å². The summed E-state index contributed by atoms with van der Waals surface area (Å²) in [5.74, 6) is 2.27. The molecule has 1 N–H and O–H groups in total. The number of hydrogen-bond acceptors (Lipinski definition) is 4. The Kier molecular flexibility index (Phi) is 3.63. The molecule has 0 atom stereocenters. The molecule has 0 radical (unpaired) electrons. The number of hydrogen-bond donors (Lipinski definition) is 1. The standard InChI is InChI=1S/C16H20N4/c1-3-7-18-15-10-13(12-4-5-12)19-16(20-15)14-9-11(2)6-8-17-14/h6,8-10,12H,3-5,7H2,1-2H3,(H,18,19,20). The number of anilines is 1. The van der Waals surface area contributed by atoms with Gasteiger partial charge >= 0.3 is 0 Å². The zero-order chi connectivity index (χ0) is 13.9. The monoisotopic (exact) mass is 268 g/mol. The second-order valence-electron chi connectivity index (χ2n) is 5.42. The Morgan fingerprint density at radius 3 is 2.80 bits per heavy atom. The molecule has 2 aromatic rings. The predicted octanol–water partition coefficient (Wildman–Crippen LogP) is 3.55. The van der Waals surface area contributed by atoms with Gasteiger partial charge in [0.25, 0.3) is 0 Å². The first-order chi connectivity index (χ1) is 9.76. The van der Waals surface area contributed by atoms with E-state index in [4.69, 9.17) is 4.98 Å². The first kappa shape index (κ1) is 13.0. The van der Waals surface area contributed by atoms with Crippen LogP contribution in [0.4, 0.5) is 5.82 Å². The highest BCUT2D eigenvalue weighted by Gasteiger charge is 2.26. The Balaban J connectivity index is 1.98. The fourth-order valence-electron chi connectivity index (χ4n) is 2.17. The topological polar surface area (TPSA) is 50.7 Å². The number of nitrogens with one attached hydrogen (secondary N) is 1. The smallest absolute Gasteiger partial charge is 0.180 e. The lowest BCUT2D eigenvalue weighted by Crippen LogP contribution is -2.05. The molecule has 0 unspecified atom stereocenters. The van der Waals surface area contributed by atoms with Crippen molar-refractivity contribution in [3.8, 4) is 11.5 Å². The molecule has 0 aromatic carbocycles. The predicted molar refractivity (Wildman–Crippen MR) is 80.8 cm³/mol. The summed E-state index contributed by atoms with van der Waals surface area (Å²) in [6.07, 6.45) is 5.38. The van der Waals surface area contributed by atoms with E-state index in [1.807, 2.05) is 18.3 Å². The van der Waals surface area contributed by atoms with E-state index in [2.05, 4.69) is 35.2 Å². The van der Waals surface area contributed by atoms with E-state index in [0.717, 1.165) is 36.0 Å². The molecule has 20 heavy (non-hydrogen) atoms. The maximum Gasteiger partial charge on any atom is 0.180 e. The van der Waals surface area contributed by atoms with Crippen molar-refractivity contribution >= 4 is 5.82 Å². The van der Waals surface area contributed by atoms with Crippen molar-refractivity contribution in [1.29, 1.82) is 0 Å². The average Bonchev–Trinajstić information content (AvgIpc) is 3.29. The van der Waals surface area contributed by atoms with Crippen LogP contribution in [0.1, 0.15) is 43.4 Å².